The van der Waals surface area contributed by atoms with E-state index in [4.69, 9.17) is 21.1 Å². The van der Waals surface area contributed by atoms with Gasteiger partial charge in [0.05, 0.1) is 43.4 Å². The monoisotopic (exact) mass is 492 g/mol. The molecule has 0 amide bonds. The molecular weight excluding hydrogens is 468 g/mol. The lowest BCUT2D eigenvalue weighted by molar-refractivity contribution is -0.194. The Morgan fingerprint density at radius 2 is 1.89 bits per heavy atom. The zero-order valence-electron chi connectivity index (χ0n) is 19.7. The number of halogens is 1. The lowest BCUT2D eigenvalue weighted by Gasteiger charge is -2.29. The fourth-order valence-electron chi connectivity index (χ4n) is 4.07. The van der Waals surface area contributed by atoms with Crippen LogP contribution in [0.4, 0.5) is 0 Å². The van der Waals surface area contributed by atoms with Crippen molar-refractivity contribution in [3.05, 3.63) is 69.8 Å². The van der Waals surface area contributed by atoms with E-state index >= 15 is 0 Å². The minimum Gasteiger partial charge on any atom is -0.349 e. The second-order valence-electron chi connectivity index (χ2n) is 8.49. The quantitative estimate of drug-likeness (QED) is 0.453. The van der Waals surface area contributed by atoms with Crippen molar-refractivity contribution in [1.82, 2.24) is 29.8 Å². The number of hydrogen-bond acceptors (Lipinski definition) is 8. The number of hydrogen-bond donors (Lipinski definition) is 1. The van der Waals surface area contributed by atoms with Gasteiger partial charge in [-0.25, -0.2) is 15.0 Å². The van der Waals surface area contributed by atoms with Gasteiger partial charge in [-0.15, -0.1) is 0 Å². The van der Waals surface area contributed by atoms with E-state index in [1.807, 2.05) is 26.1 Å². The Balaban J connectivity index is 1.58. The second kappa shape index (κ2) is 9.79. The number of benzene rings is 1. The van der Waals surface area contributed by atoms with Gasteiger partial charge < -0.3 is 14.8 Å². The summed E-state index contributed by atoms with van der Waals surface area (Å²) in [7, 11) is 1.86. The molecular formula is C25H25ClN6O3. The average Bonchev–Trinajstić information content (AvgIpc) is 2.86. The van der Waals surface area contributed by atoms with E-state index in [2.05, 4.69) is 25.3 Å². The summed E-state index contributed by atoms with van der Waals surface area (Å²) in [6.45, 7) is 4.86. The van der Waals surface area contributed by atoms with Gasteiger partial charge in [0.2, 0.25) is 0 Å². The molecule has 0 radical (unpaired) electrons. The maximum atomic E-state index is 13.7. The average molecular weight is 493 g/mol. The van der Waals surface area contributed by atoms with Gasteiger partial charge in [-0.05, 0) is 33.0 Å². The summed E-state index contributed by atoms with van der Waals surface area (Å²) in [6, 6.07) is 7.40. The smallest absolute Gasteiger partial charge is 0.260 e. The van der Waals surface area contributed by atoms with Crippen LogP contribution in [0.2, 0.25) is 5.02 Å². The molecule has 4 heterocycles. The van der Waals surface area contributed by atoms with Crippen molar-refractivity contribution in [2.24, 2.45) is 0 Å². The van der Waals surface area contributed by atoms with Crippen LogP contribution in [-0.4, -0.2) is 57.1 Å². The van der Waals surface area contributed by atoms with Gasteiger partial charge in [-0.3, -0.25) is 14.3 Å². The fourth-order valence-corrected chi connectivity index (χ4v) is 4.35. The SMILES string of the molecule is CN[C@H]1CO[C@H](Cn2c(=O)c(-c3ccc(-c4cncc(C)n4)cc3Cl)cc3cnc(C)nc32)OC1. The normalized spacial score (nSPS) is 18.2. The van der Waals surface area contributed by atoms with Crippen molar-refractivity contribution in [3.8, 4) is 22.4 Å². The van der Waals surface area contributed by atoms with Gasteiger partial charge in [-0.1, -0.05) is 23.7 Å². The Bertz CT molecular complexity index is 1450. The third-order valence-electron chi connectivity index (χ3n) is 5.96. The van der Waals surface area contributed by atoms with Crippen LogP contribution in [0.3, 0.4) is 0 Å². The predicted molar refractivity (Wildman–Crippen MR) is 133 cm³/mol. The summed E-state index contributed by atoms with van der Waals surface area (Å²) in [5, 5.41) is 4.29. The number of pyridine rings is 1. The first kappa shape index (κ1) is 23.5. The summed E-state index contributed by atoms with van der Waals surface area (Å²) in [5.41, 5.74) is 3.69. The summed E-state index contributed by atoms with van der Waals surface area (Å²) < 4.78 is 13.3. The molecule has 1 N–H and O–H groups in total. The Labute approximate surface area is 207 Å². The molecule has 5 rings (SSSR count). The number of ether oxygens (including phenoxy) is 2. The second-order valence-corrected chi connectivity index (χ2v) is 8.90. The Morgan fingerprint density at radius 3 is 2.60 bits per heavy atom. The number of aryl methyl sites for hydroxylation is 2. The highest BCUT2D eigenvalue weighted by atomic mass is 35.5. The van der Waals surface area contributed by atoms with Crippen LogP contribution in [0, 0.1) is 13.8 Å². The van der Waals surface area contributed by atoms with Crippen molar-refractivity contribution >= 4 is 22.6 Å². The molecule has 1 aromatic carbocycles. The van der Waals surface area contributed by atoms with Crippen molar-refractivity contribution < 1.29 is 9.47 Å². The first-order chi connectivity index (χ1) is 16.9. The van der Waals surface area contributed by atoms with Gasteiger partial charge in [0.25, 0.3) is 5.56 Å². The van der Waals surface area contributed by atoms with Crippen LogP contribution in [-0.2, 0) is 16.0 Å². The molecule has 3 aromatic heterocycles. The highest BCUT2D eigenvalue weighted by Gasteiger charge is 2.24. The van der Waals surface area contributed by atoms with Crippen molar-refractivity contribution in [1.29, 1.82) is 0 Å². The van der Waals surface area contributed by atoms with E-state index in [-0.39, 0.29) is 18.1 Å². The third-order valence-corrected chi connectivity index (χ3v) is 6.28. The molecule has 1 saturated heterocycles. The summed E-state index contributed by atoms with van der Waals surface area (Å²) >= 11 is 6.69. The maximum absolute atomic E-state index is 13.7. The number of aromatic nitrogens is 5. The van der Waals surface area contributed by atoms with Crippen molar-refractivity contribution in [2.75, 3.05) is 20.3 Å². The lowest BCUT2D eigenvalue weighted by atomic mass is 10.0. The minimum atomic E-state index is -0.566. The zero-order valence-corrected chi connectivity index (χ0v) is 20.4. The molecule has 1 aliphatic rings. The van der Waals surface area contributed by atoms with E-state index in [1.165, 1.54) is 0 Å². The first-order valence-corrected chi connectivity index (χ1v) is 11.7. The predicted octanol–water partition coefficient (Wildman–Crippen LogP) is 3.15. The van der Waals surface area contributed by atoms with Crippen LogP contribution in [0.5, 0.6) is 0 Å². The molecule has 0 aliphatic carbocycles. The van der Waals surface area contributed by atoms with Crippen LogP contribution in [0.1, 0.15) is 11.5 Å². The van der Waals surface area contributed by atoms with Gasteiger partial charge in [0.15, 0.2) is 6.29 Å². The van der Waals surface area contributed by atoms with Crippen LogP contribution >= 0.6 is 11.6 Å². The van der Waals surface area contributed by atoms with Crippen LogP contribution in [0.15, 0.2) is 47.7 Å². The largest absolute Gasteiger partial charge is 0.349 e. The van der Waals surface area contributed by atoms with E-state index < -0.39 is 6.29 Å². The van der Waals surface area contributed by atoms with E-state index in [0.717, 1.165) is 16.6 Å². The van der Waals surface area contributed by atoms with Crippen molar-refractivity contribution in [2.45, 2.75) is 32.7 Å². The summed E-state index contributed by atoms with van der Waals surface area (Å²) in [4.78, 5) is 31.3. The van der Waals surface area contributed by atoms with Gasteiger partial charge in [-0.2, -0.15) is 0 Å². The molecule has 1 aliphatic heterocycles. The van der Waals surface area contributed by atoms with Gasteiger partial charge in [0.1, 0.15) is 11.5 Å². The molecule has 9 nitrogen and oxygen atoms in total. The Kier molecular flexibility index (Phi) is 6.57. The number of rotatable bonds is 5. The standard InChI is InChI=1S/C25H25ClN6O3/c1-14-8-28-10-22(30-14)16-4-5-19(21(26)7-16)20-6-17-9-29-15(2)31-24(17)32(25(20)33)11-23-34-12-18(27-3)13-35-23/h4-10,18,23,27H,11-13H2,1-3H3/t18-,23-. The Hall–Kier alpha value is -3.24. The Morgan fingerprint density at radius 1 is 1.09 bits per heavy atom. The molecule has 0 unspecified atom stereocenters. The zero-order chi connectivity index (χ0) is 24.5. The lowest BCUT2D eigenvalue weighted by Crippen LogP contribution is -2.45. The molecule has 0 saturated carbocycles. The van der Waals surface area contributed by atoms with Crippen LogP contribution in [0.25, 0.3) is 33.4 Å². The molecule has 180 valence electrons. The van der Waals surface area contributed by atoms with E-state index in [0.29, 0.717) is 46.5 Å². The van der Waals surface area contributed by atoms with Gasteiger partial charge in [0, 0.05) is 39.5 Å². The number of nitrogens with one attached hydrogen (secondary N) is 1. The highest BCUT2D eigenvalue weighted by molar-refractivity contribution is 6.33. The first-order valence-electron chi connectivity index (χ1n) is 11.3. The molecule has 35 heavy (non-hydrogen) atoms. The molecule has 4 aromatic rings. The van der Waals surface area contributed by atoms with E-state index in [9.17, 15) is 4.79 Å². The number of likely N-dealkylation sites (N-methyl/N-ethyl adjacent to an activating group) is 1. The summed E-state index contributed by atoms with van der Waals surface area (Å²) in [6.07, 6.45) is 4.52. The third kappa shape index (κ3) is 4.81. The van der Waals surface area contributed by atoms with E-state index in [1.54, 1.807) is 42.2 Å². The molecule has 0 spiro atoms. The van der Waals surface area contributed by atoms with Crippen LogP contribution < -0.4 is 10.9 Å². The van der Waals surface area contributed by atoms with Crippen molar-refractivity contribution in [3.63, 3.8) is 0 Å². The highest BCUT2D eigenvalue weighted by Crippen LogP contribution is 2.31. The maximum Gasteiger partial charge on any atom is 0.260 e. The van der Waals surface area contributed by atoms with Gasteiger partial charge >= 0.3 is 0 Å². The number of fused-ring (bicyclic) bond motifs is 1. The number of nitrogens with zero attached hydrogens (tertiary/aromatic N) is 5. The fraction of sp³-hybridized carbons (Fsp3) is 0.320. The topological polar surface area (TPSA) is 104 Å². The minimum absolute atomic E-state index is 0.117. The summed E-state index contributed by atoms with van der Waals surface area (Å²) in [5.74, 6) is 0.570. The molecule has 0 atom stereocenters. The molecule has 0 bridgehead atoms. The molecule has 1 fully saturated rings. The molecule has 10 heteroatoms.